The number of benzene rings is 1. The first-order valence-corrected chi connectivity index (χ1v) is 12.7. The van der Waals surface area contributed by atoms with Gasteiger partial charge in [-0.25, -0.2) is 18.2 Å². The number of ether oxygens (including phenoxy) is 2. The van der Waals surface area contributed by atoms with Crippen LogP contribution in [0.25, 0.3) is 0 Å². The fraction of sp³-hybridized carbons (Fsp3) is 0.667. The van der Waals surface area contributed by atoms with Gasteiger partial charge in [0.05, 0.1) is 0 Å². The molecule has 2 aliphatic heterocycles. The number of sulfonamides is 1. The van der Waals surface area contributed by atoms with Crippen LogP contribution in [-0.4, -0.2) is 78.2 Å². The number of hydrogen-bond donors (Lipinski definition) is 2. The Hall–Kier alpha value is -2.09. The second kappa shape index (κ2) is 9.51. The van der Waals surface area contributed by atoms with E-state index in [4.69, 9.17) is 4.74 Å². The topological polar surface area (TPSA) is 108 Å². The molecule has 0 radical (unpaired) electrons. The summed E-state index contributed by atoms with van der Waals surface area (Å²) in [5, 5.41) is 9.30. The maximum Gasteiger partial charge on any atom is 0.573 e. The van der Waals surface area contributed by atoms with Crippen molar-refractivity contribution in [2.24, 2.45) is 0 Å². The lowest BCUT2D eigenvalue weighted by Crippen LogP contribution is -2.62. The first-order chi connectivity index (χ1) is 16.0. The van der Waals surface area contributed by atoms with Crippen LogP contribution in [0.5, 0.6) is 11.5 Å². The maximum absolute atomic E-state index is 13.6. The van der Waals surface area contributed by atoms with Crippen molar-refractivity contribution in [1.82, 2.24) is 14.7 Å². The highest BCUT2D eigenvalue weighted by atomic mass is 32.2. The predicted molar refractivity (Wildman–Crippen MR) is 114 cm³/mol. The molecule has 1 aromatic rings. The van der Waals surface area contributed by atoms with E-state index in [1.54, 1.807) is 5.48 Å². The standard InChI is InChI=1S/C21H28F3N3O6S/c22-21(23,24)33-18-5-3-16(4-6-18)32-17-7-11-27(12-8-17)34(30,31)20(19(28)25-29)9-13-26(14-10-20)15-1-2-15/h3-6,15,17,29H,1-2,7-14H2,(H,25,28). The second-order valence-corrected chi connectivity index (χ2v) is 11.2. The molecule has 1 aromatic carbocycles. The van der Waals surface area contributed by atoms with E-state index in [1.807, 2.05) is 0 Å². The number of hydrogen-bond acceptors (Lipinski definition) is 7. The molecule has 190 valence electrons. The first-order valence-electron chi connectivity index (χ1n) is 11.2. The molecular formula is C21H28F3N3O6S. The van der Waals surface area contributed by atoms with Crippen LogP contribution in [0.4, 0.5) is 13.2 Å². The number of nitrogens with one attached hydrogen (secondary N) is 1. The van der Waals surface area contributed by atoms with Crippen molar-refractivity contribution >= 4 is 15.9 Å². The Morgan fingerprint density at radius 2 is 1.56 bits per heavy atom. The molecule has 0 spiro atoms. The molecule has 2 saturated heterocycles. The zero-order chi connectivity index (χ0) is 24.6. The summed E-state index contributed by atoms with van der Waals surface area (Å²) in [7, 11) is -4.05. The van der Waals surface area contributed by atoms with Crippen LogP contribution in [0.15, 0.2) is 24.3 Å². The van der Waals surface area contributed by atoms with Gasteiger partial charge in [-0.1, -0.05) is 0 Å². The average Bonchev–Trinajstić information content (AvgIpc) is 3.65. The van der Waals surface area contributed by atoms with Gasteiger partial charge in [-0.2, -0.15) is 0 Å². The largest absolute Gasteiger partial charge is 0.573 e. The Bertz CT molecular complexity index is 968. The number of piperidine rings is 2. The van der Waals surface area contributed by atoms with Gasteiger partial charge < -0.3 is 14.4 Å². The molecule has 1 saturated carbocycles. The maximum atomic E-state index is 13.6. The zero-order valence-electron chi connectivity index (χ0n) is 18.5. The summed E-state index contributed by atoms with van der Waals surface area (Å²) in [6, 6.07) is 5.47. The number of rotatable bonds is 7. The van der Waals surface area contributed by atoms with Crippen LogP contribution in [0.2, 0.25) is 0 Å². The molecule has 13 heteroatoms. The van der Waals surface area contributed by atoms with Gasteiger partial charge in [0.1, 0.15) is 17.6 Å². The van der Waals surface area contributed by atoms with Crippen LogP contribution in [0, 0.1) is 0 Å². The smallest absolute Gasteiger partial charge is 0.490 e. The van der Waals surface area contributed by atoms with Crippen molar-refractivity contribution < 1.29 is 41.1 Å². The van der Waals surface area contributed by atoms with Gasteiger partial charge in [0.15, 0.2) is 4.75 Å². The normalized spacial score (nSPS) is 22.8. The minimum absolute atomic E-state index is 0.112. The third kappa shape index (κ3) is 5.26. The zero-order valence-corrected chi connectivity index (χ0v) is 19.3. The van der Waals surface area contributed by atoms with Gasteiger partial charge in [-0.3, -0.25) is 10.0 Å². The van der Waals surface area contributed by atoms with Gasteiger partial charge >= 0.3 is 6.36 Å². The molecule has 1 amide bonds. The van der Waals surface area contributed by atoms with Crippen LogP contribution >= 0.6 is 0 Å². The minimum atomic E-state index is -4.78. The summed E-state index contributed by atoms with van der Waals surface area (Å²) in [5.74, 6) is -0.914. The summed E-state index contributed by atoms with van der Waals surface area (Å²) in [4.78, 5) is 14.8. The summed E-state index contributed by atoms with van der Waals surface area (Å²) in [6.07, 6.45) is -2.02. The highest BCUT2D eigenvalue weighted by Gasteiger charge is 2.56. The molecule has 4 rings (SSSR count). The van der Waals surface area contributed by atoms with Crippen LogP contribution < -0.4 is 15.0 Å². The van der Waals surface area contributed by atoms with Gasteiger partial charge in [-0.05, 0) is 62.8 Å². The highest BCUT2D eigenvalue weighted by molar-refractivity contribution is 7.91. The molecule has 3 fully saturated rings. The van der Waals surface area contributed by atoms with Crippen molar-refractivity contribution in [3.05, 3.63) is 24.3 Å². The van der Waals surface area contributed by atoms with Crippen molar-refractivity contribution in [3.63, 3.8) is 0 Å². The quantitative estimate of drug-likeness (QED) is 0.431. The van der Waals surface area contributed by atoms with Crippen molar-refractivity contribution in [1.29, 1.82) is 0 Å². The third-order valence-electron chi connectivity index (χ3n) is 6.78. The van der Waals surface area contributed by atoms with E-state index >= 15 is 0 Å². The van der Waals surface area contributed by atoms with E-state index in [9.17, 15) is 31.6 Å². The Balaban J connectivity index is 1.37. The predicted octanol–water partition coefficient (Wildman–Crippen LogP) is 2.26. The molecular weight excluding hydrogens is 479 g/mol. The molecule has 0 aromatic heterocycles. The van der Waals surface area contributed by atoms with Crippen LogP contribution in [-0.2, 0) is 14.8 Å². The molecule has 0 unspecified atom stereocenters. The lowest BCUT2D eigenvalue weighted by Gasteiger charge is -2.43. The van der Waals surface area contributed by atoms with Crippen LogP contribution in [0.3, 0.4) is 0 Å². The molecule has 2 N–H and O–H groups in total. The van der Waals surface area contributed by atoms with E-state index in [-0.39, 0.29) is 37.8 Å². The van der Waals surface area contributed by atoms with E-state index in [0.717, 1.165) is 25.0 Å². The van der Waals surface area contributed by atoms with Crippen LogP contribution in [0.1, 0.15) is 38.5 Å². The van der Waals surface area contributed by atoms with Gasteiger partial charge in [0.25, 0.3) is 5.91 Å². The van der Waals surface area contributed by atoms with Gasteiger partial charge in [0, 0.05) is 32.2 Å². The Labute approximate surface area is 195 Å². The number of halogens is 3. The Kier molecular flexibility index (Phi) is 7.00. The Morgan fingerprint density at radius 3 is 2.06 bits per heavy atom. The molecule has 2 heterocycles. The average molecular weight is 508 g/mol. The lowest BCUT2D eigenvalue weighted by molar-refractivity contribution is -0.274. The number of likely N-dealkylation sites (tertiary alicyclic amines) is 1. The Morgan fingerprint density at radius 1 is 1.00 bits per heavy atom. The molecule has 0 atom stereocenters. The number of carbonyl (C=O) groups excluding carboxylic acids is 1. The fourth-order valence-electron chi connectivity index (χ4n) is 4.74. The number of carbonyl (C=O) groups is 1. The SMILES string of the molecule is O=C(NO)C1(S(=O)(=O)N2CCC(Oc3ccc(OC(F)(F)F)cc3)CC2)CCN(C2CC2)CC1. The summed E-state index contributed by atoms with van der Waals surface area (Å²) in [5.41, 5.74) is 1.57. The van der Waals surface area contributed by atoms with Gasteiger partial charge in [0.2, 0.25) is 10.0 Å². The molecule has 0 bridgehead atoms. The lowest BCUT2D eigenvalue weighted by atomic mass is 9.95. The van der Waals surface area contributed by atoms with E-state index in [2.05, 4.69) is 9.64 Å². The van der Waals surface area contributed by atoms with Crippen molar-refractivity contribution in [2.75, 3.05) is 26.2 Å². The number of hydroxylamine groups is 1. The number of nitrogens with zero attached hydrogens (tertiary/aromatic N) is 2. The fourth-order valence-corrected chi connectivity index (χ4v) is 6.91. The van der Waals surface area contributed by atoms with Crippen molar-refractivity contribution in [2.45, 2.75) is 61.8 Å². The molecule has 1 aliphatic carbocycles. The monoisotopic (exact) mass is 507 g/mol. The summed E-state index contributed by atoms with van der Waals surface area (Å²) >= 11 is 0. The number of alkyl halides is 3. The van der Waals surface area contributed by atoms with E-state index < -0.39 is 27.0 Å². The van der Waals surface area contributed by atoms with Gasteiger partial charge in [-0.15, -0.1) is 13.2 Å². The first kappa shape index (κ1) is 25.0. The summed E-state index contributed by atoms with van der Waals surface area (Å²) in [6.45, 7) is 1.22. The summed E-state index contributed by atoms with van der Waals surface area (Å²) < 4.78 is 73.2. The number of amides is 1. The van der Waals surface area contributed by atoms with E-state index in [0.29, 0.717) is 37.7 Å². The second-order valence-electron chi connectivity index (χ2n) is 8.94. The van der Waals surface area contributed by atoms with Crippen molar-refractivity contribution in [3.8, 4) is 11.5 Å². The highest BCUT2D eigenvalue weighted by Crippen LogP contribution is 2.38. The third-order valence-corrected chi connectivity index (χ3v) is 9.41. The van der Waals surface area contributed by atoms with E-state index in [1.165, 1.54) is 16.4 Å². The molecule has 9 nitrogen and oxygen atoms in total. The molecule has 3 aliphatic rings. The molecule has 34 heavy (non-hydrogen) atoms. The minimum Gasteiger partial charge on any atom is -0.490 e.